The van der Waals surface area contributed by atoms with Crippen molar-refractivity contribution in [2.75, 3.05) is 5.32 Å². The molecule has 25 heavy (non-hydrogen) atoms. The number of benzene rings is 2. The Hall–Kier alpha value is -1.93. The van der Waals surface area contributed by atoms with Crippen LogP contribution in [0, 0.1) is 10.5 Å². The number of hydrogen-bond acceptors (Lipinski definition) is 3. The molecule has 0 aromatic heterocycles. The highest BCUT2D eigenvalue weighted by Crippen LogP contribution is 2.22. The number of halogens is 2. The maximum Gasteiger partial charge on any atom is 0.271 e. The fourth-order valence-electron chi connectivity index (χ4n) is 2.02. The van der Waals surface area contributed by atoms with Gasteiger partial charge in [0, 0.05) is 25.6 Å². The van der Waals surface area contributed by atoms with Crippen LogP contribution in [0.1, 0.15) is 29.3 Å². The molecule has 0 atom stereocenters. The van der Waals surface area contributed by atoms with E-state index in [4.69, 9.17) is 11.6 Å². The van der Waals surface area contributed by atoms with E-state index >= 15 is 0 Å². The molecular formula is C18H17ClIN3O2. The summed E-state index contributed by atoms with van der Waals surface area (Å²) in [4.78, 5) is 24.1. The number of anilines is 1. The minimum absolute atomic E-state index is 0.0684. The first-order valence-corrected chi connectivity index (χ1v) is 8.96. The Bertz CT molecular complexity index is 820. The molecule has 7 heteroatoms. The zero-order valence-electron chi connectivity index (χ0n) is 13.8. The number of carbonyl (C=O) groups excluding carboxylic acids is 2. The van der Waals surface area contributed by atoms with Gasteiger partial charge in [0.2, 0.25) is 5.91 Å². The van der Waals surface area contributed by atoms with Gasteiger partial charge in [0.05, 0.1) is 6.42 Å². The van der Waals surface area contributed by atoms with Gasteiger partial charge in [-0.3, -0.25) is 9.59 Å². The molecule has 0 aliphatic rings. The second-order valence-corrected chi connectivity index (χ2v) is 7.09. The number of nitrogens with zero attached hydrogens (tertiary/aromatic N) is 1. The Labute approximate surface area is 165 Å². The highest BCUT2D eigenvalue weighted by Gasteiger charge is 2.09. The second-order valence-electron chi connectivity index (χ2n) is 5.43. The average molecular weight is 470 g/mol. The van der Waals surface area contributed by atoms with E-state index in [1.54, 1.807) is 37.3 Å². The molecule has 2 aromatic rings. The van der Waals surface area contributed by atoms with Crippen LogP contribution in [0.5, 0.6) is 0 Å². The first kappa shape index (κ1) is 19.4. The number of hydrazone groups is 1. The average Bonchev–Trinajstić information content (AvgIpc) is 2.57. The van der Waals surface area contributed by atoms with Gasteiger partial charge in [-0.25, -0.2) is 5.43 Å². The third kappa shape index (κ3) is 5.82. The van der Waals surface area contributed by atoms with Crippen LogP contribution in [0.25, 0.3) is 0 Å². The van der Waals surface area contributed by atoms with Crippen molar-refractivity contribution in [1.82, 2.24) is 5.43 Å². The second kappa shape index (κ2) is 8.96. The van der Waals surface area contributed by atoms with Gasteiger partial charge in [0.15, 0.2) is 0 Å². The minimum atomic E-state index is -0.318. The summed E-state index contributed by atoms with van der Waals surface area (Å²) < 4.78 is 1.04. The lowest BCUT2D eigenvalue weighted by Crippen LogP contribution is -2.21. The van der Waals surface area contributed by atoms with Crippen LogP contribution in [0.4, 0.5) is 5.69 Å². The van der Waals surface area contributed by atoms with Crippen molar-refractivity contribution in [3.8, 4) is 0 Å². The minimum Gasteiger partial charge on any atom is -0.325 e. The summed E-state index contributed by atoms with van der Waals surface area (Å²) in [6.07, 6.45) is 0.0684. The van der Waals surface area contributed by atoms with Crippen molar-refractivity contribution >= 4 is 57.4 Å². The number of rotatable bonds is 5. The quantitative estimate of drug-likeness (QED) is 0.387. The third-order valence-electron chi connectivity index (χ3n) is 3.41. The van der Waals surface area contributed by atoms with E-state index in [2.05, 4.69) is 38.4 Å². The standard InChI is InChI=1S/C18H17ClIN3O2/c1-11(22-23-18(25)13-6-8-14(20)9-7-13)10-17(24)21-16-5-3-4-15(19)12(16)2/h3-9H,10H2,1-2H3,(H,21,24)(H,23,25)/b22-11+. The van der Waals surface area contributed by atoms with Crippen molar-refractivity contribution < 1.29 is 9.59 Å². The van der Waals surface area contributed by atoms with E-state index < -0.39 is 0 Å². The van der Waals surface area contributed by atoms with Gasteiger partial charge in [-0.15, -0.1) is 0 Å². The molecule has 0 fully saturated rings. The van der Waals surface area contributed by atoms with Gasteiger partial charge in [0.1, 0.15) is 0 Å². The van der Waals surface area contributed by atoms with Crippen LogP contribution in [0.2, 0.25) is 5.02 Å². The molecule has 0 saturated heterocycles. The number of hydrogen-bond donors (Lipinski definition) is 2. The molecule has 2 amide bonds. The van der Waals surface area contributed by atoms with E-state index in [-0.39, 0.29) is 18.2 Å². The molecule has 0 spiro atoms. The SMILES string of the molecule is C/C(CC(=O)Nc1cccc(Cl)c1C)=N\NC(=O)c1ccc(I)cc1. The van der Waals surface area contributed by atoms with Gasteiger partial charge >= 0.3 is 0 Å². The van der Waals surface area contributed by atoms with Crippen LogP contribution in [-0.2, 0) is 4.79 Å². The lowest BCUT2D eigenvalue weighted by Gasteiger charge is -2.09. The molecule has 0 aliphatic heterocycles. The van der Waals surface area contributed by atoms with E-state index in [0.29, 0.717) is 22.0 Å². The van der Waals surface area contributed by atoms with Gasteiger partial charge in [-0.2, -0.15) is 5.10 Å². The molecule has 2 N–H and O–H groups in total. The number of nitrogens with one attached hydrogen (secondary N) is 2. The lowest BCUT2D eigenvalue weighted by atomic mass is 10.2. The van der Waals surface area contributed by atoms with Crippen molar-refractivity contribution in [3.05, 3.63) is 62.2 Å². The predicted octanol–water partition coefficient (Wildman–Crippen LogP) is 4.39. The van der Waals surface area contributed by atoms with Crippen molar-refractivity contribution in [3.63, 3.8) is 0 Å². The third-order valence-corrected chi connectivity index (χ3v) is 4.54. The molecule has 130 valence electrons. The molecule has 0 aliphatic carbocycles. The summed E-state index contributed by atoms with van der Waals surface area (Å²) in [6, 6.07) is 12.4. The Balaban J connectivity index is 1.92. The summed E-state index contributed by atoms with van der Waals surface area (Å²) in [5, 5.41) is 7.35. The van der Waals surface area contributed by atoms with Crippen molar-refractivity contribution in [1.29, 1.82) is 0 Å². The summed E-state index contributed by atoms with van der Waals surface area (Å²) >= 11 is 8.20. The zero-order chi connectivity index (χ0) is 18.4. The van der Waals surface area contributed by atoms with E-state index in [9.17, 15) is 9.59 Å². The Morgan fingerprint density at radius 2 is 1.84 bits per heavy atom. The Morgan fingerprint density at radius 3 is 2.52 bits per heavy atom. The molecule has 0 bridgehead atoms. The monoisotopic (exact) mass is 469 g/mol. The van der Waals surface area contributed by atoms with Crippen LogP contribution in [0.3, 0.4) is 0 Å². The summed E-state index contributed by atoms with van der Waals surface area (Å²) in [5.41, 5.74) is 4.92. The fourth-order valence-corrected chi connectivity index (χ4v) is 2.56. The smallest absolute Gasteiger partial charge is 0.271 e. The molecular weight excluding hydrogens is 453 g/mol. The van der Waals surface area contributed by atoms with E-state index in [1.807, 2.05) is 19.1 Å². The molecule has 2 aromatic carbocycles. The molecule has 5 nitrogen and oxygen atoms in total. The Morgan fingerprint density at radius 1 is 1.16 bits per heavy atom. The van der Waals surface area contributed by atoms with E-state index in [1.165, 1.54) is 0 Å². The molecule has 0 unspecified atom stereocenters. The maximum atomic E-state index is 12.1. The van der Waals surface area contributed by atoms with Crippen LogP contribution in [-0.4, -0.2) is 17.5 Å². The lowest BCUT2D eigenvalue weighted by molar-refractivity contribution is -0.115. The van der Waals surface area contributed by atoms with Gasteiger partial charge < -0.3 is 5.32 Å². The molecule has 0 saturated carbocycles. The highest BCUT2D eigenvalue weighted by molar-refractivity contribution is 14.1. The largest absolute Gasteiger partial charge is 0.325 e. The maximum absolute atomic E-state index is 12.1. The number of amides is 2. The molecule has 0 radical (unpaired) electrons. The first-order valence-electron chi connectivity index (χ1n) is 7.51. The summed E-state index contributed by atoms with van der Waals surface area (Å²) in [5.74, 6) is -0.544. The fraction of sp³-hybridized carbons (Fsp3) is 0.167. The molecule has 2 rings (SSSR count). The van der Waals surface area contributed by atoms with Crippen LogP contribution < -0.4 is 10.7 Å². The predicted molar refractivity (Wildman–Crippen MR) is 109 cm³/mol. The van der Waals surface area contributed by atoms with Gasteiger partial charge in [0.25, 0.3) is 5.91 Å². The Kier molecular flexibility index (Phi) is 6.95. The molecule has 0 heterocycles. The normalized spacial score (nSPS) is 11.1. The van der Waals surface area contributed by atoms with Crippen molar-refractivity contribution in [2.24, 2.45) is 5.10 Å². The van der Waals surface area contributed by atoms with E-state index in [0.717, 1.165) is 9.13 Å². The van der Waals surface area contributed by atoms with Crippen molar-refractivity contribution in [2.45, 2.75) is 20.3 Å². The zero-order valence-corrected chi connectivity index (χ0v) is 16.7. The van der Waals surface area contributed by atoms with Crippen LogP contribution in [0.15, 0.2) is 47.6 Å². The summed E-state index contributed by atoms with van der Waals surface area (Å²) in [7, 11) is 0. The summed E-state index contributed by atoms with van der Waals surface area (Å²) in [6.45, 7) is 3.51. The first-order chi connectivity index (χ1) is 11.9. The topological polar surface area (TPSA) is 70.6 Å². The highest BCUT2D eigenvalue weighted by atomic mass is 127. The van der Waals surface area contributed by atoms with Crippen LogP contribution >= 0.6 is 34.2 Å². The van der Waals surface area contributed by atoms with Gasteiger partial charge in [-0.1, -0.05) is 17.7 Å². The van der Waals surface area contributed by atoms with Gasteiger partial charge in [-0.05, 0) is 78.4 Å². The number of carbonyl (C=O) groups is 2.